The normalized spacial score (nSPS) is 17.2. The van der Waals surface area contributed by atoms with Gasteiger partial charge < -0.3 is 15.6 Å². The van der Waals surface area contributed by atoms with Crippen molar-refractivity contribution in [3.8, 4) is 16.9 Å². The summed E-state index contributed by atoms with van der Waals surface area (Å²) in [6.45, 7) is 0. The third-order valence-corrected chi connectivity index (χ3v) is 5.51. The first kappa shape index (κ1) is 26.6. The minimum atomic E-state index is -5.08. The molecule has 0 bridgehead atoms. The fourth-order valence-electron chi connectivity index (χ4n) is 3.76. The number of methoxy groups -OCH3 is 1. The Labute approximate surface area is 201 Å². The number of benzene rings is 3. The number of nitrogens with two attached hydrogens (primary N) is 1. The second-order valence-corrected chi connectivity index (χ2v) is 7.80. The Morgan fingerprint density at radius 1 is 0.944 bits per heavy atom. The number of carbonyl (C=O) groups is 1. The van der Waals surface area contributed by atoms with E-state index in [2.05, 4.69) is 4.99 Å². The number of nitrogens with zero attached hydrogens (tertiary/aromatic N) is 1. The van der Waals surface area contributed by atoms with Crippen molar-refractivity contribution in [2.45, 2.75) is 24.3 Å². The van der Waals surface area contributed by atoms with Crippen molar-refractivity contribution in [3.63, 3.8) is 0 Å². The van der Waals surface area contributed by atoms with Gasteiger partial charge in [-0.3, -0.25) is 0 Å². The number of carboxylic acids is 1. The summed E-state index contributed by atoms with van der Waals surface area (Å²) in [6, 6.07) is 20.4. The first-order chi connectivity index (χ1) is 16.8. The third-order valence-electron chi connectivity index (χ3n) is 5.51. The van der Waals surface area contributed by atoms with E-state index in [4.69, 9.17) is 20.4 Å². The van der Waals surface area contributed by atoms with Crippen LogP contribution in [-0.2, 0) is 16.8 Å². The molecule has 190 valence electrons. The molecule has 11 heteroatoms. The first-order valence-corrected chi connectivity index (χ1v) is 10.3. The van der Waals surface area contributed by atoms with Crippen LogP contribution < -0.4 is 10.5 Å². The van der Waals surface area contributed by atoms with Gasteiger partial charge in [-0.1, -0.05) is 54.6 Å². The van der Waals surface area contributed by atoms with E-state index in [1.807, 2.05) is 6.07 Å². The number of hydrogen-bond acceptors (Lipinski definition) is 4. The van der Waals surface area contributed by atoms with E-state index in [0.29, 0.717) is 22.4 Å². The van der Waals surface area contributed by atoms with Crippen LogP contribution >= 0.6 is 0 Å². The lowest BCUT2D eigenvalue weighted by Crippen LogP contribution is -2.47. The average molecular weight is 510 g/mol. The van der Waals surface area contributed by atoms with E-state index >= 15 is 0 Å². The van der Waals surface area contributed by atoms with Gasteiger partial charge >= 0.3 is 18.3 Å². The third kappa shape index (κ3) is 5.45. The molecule has 1 unspecified atom stereocenters. The standard InChI is InChI=1S/C23H19F3N2O.C2HF3O2/c1-29-19-10-5-8-16(13-19)15-7-4-9-18(12-15)22(23(24,25)26)14-17-6-2-3-11-20(17)21(27)28-22;3-2(4,5)1(6)7/h2-13H,14H2,1H3,(H2,27,28);(H,6,7). The van der Waals surface area contributed by atoms with Crippen molar-refractivity contribution in [3.05, 3.63) is 89.5 Å². The SMILES string of the molecule is COc1cccc(-c2cccc(C3(C(F)(F)F)Cc4ccccc4C(N)=N3)c2)c1.O=C(O)C(F)(F)F. The number of aliphatic carboxylic acids is 1. The molecule has 0 amide bonds. The molecular weight excluding hydrogens is 490 g/mol. The molecule has 5 nitrogen and oxygen atoms in total. The second kappa shape index (κ2) is 9.92. The number of hydrogen-bond donors (Lipinski definition) is 2. The first-order valence-electron chi connectivity index (χ1n) is 10.3. The Morgan fingerprint density at radius 3 is 2.11 bits per heavy atom. The highest BCUT2D eigenvalue weighted by atomic mass is 19.4. The quantitative estimate of drug-likeness (QED) is 0.442. The van der Waals surface area contributed by atoms with Crippen LogP contribution in [0, 0.1) is 0 Å². The molecule has 0 saturated heterocycles. The second-order valence-electron chi connectivity index (χ2n) is 7.80. The van der Waals surface area contributed by atoms with Crippen molar-refractivity contribution < 1.29 is 41.0 Å². The van der Waals surface area contributed by atoms with Gasteiger partial charge in [0, 0.05) is 12.0 Å². The predicted octanol–water partition coefficient (Wildman–Crippen LogP) is 5.71. The molecule has 0 saturated carbocycles. The van der Waals surface area contributed by atoms with Crippen LogP contribution in [0.3, 0.4) is 0 Å². The summed E-state index contributed by atoms with van der Waals surface area (Å²) in [5.74, 6) is -2.23. The van der Waals surface area contributed by atoms with E-state index < -0.39 is 23.9 Å². The summed E-state index contributed by atoms with van der Waals surface area (Å²) in [5, 5.41) is 7.12. The van der Waals surface area contributed by atoms with E-state index in [9.17, 15) is 26.3 Å². The molecule has 1 aliphatic heterocycles. The van der Waals surface area contributed by atoms with Gasteiger partial charge in [0.25, 0.3) is 0 Å². The molecular formula is C25H20F6N2O3. The zero-order chi connectivity index (χ0) is 26.7. The van der Waals surface area contributed by atoms with Gasteiger partial charge in [-0.05, 0) is 40.5 Å². The molecule has 0 radical (unpaired) electrons. The Morgan fingerprint density at radius 2 is 1.53 bits per heavy atom. The highest BCUT2D eigenvalue weighted by Crippen LogP contribution is 2.48. The van der Waals surface area contributed by atoms with Crippen molar-refractivity contribution in [1.82, 2.24) is 0 Å². The maximum Gasteiger partial charge on any atom is 0.490 e. The van der Waals surface area contributed by atoms with Crippen LogP contribution in [0.2, 0.25) is 0 Å². The smallest absolute Gasteiger partial charge is 0.490 e. The largest absolute Gasteiger partial charge is 0.497 e. The molecule has 1 atom stereocenters. The van der Waals surface area contributed by atoms with Gasteiger partial charge in [-0.15, -0.1) is 0 Å². The van der Waals surface area contributed by atoms with Crippen LogP contribution in [0.5, 0.6) is 5.75 Å². The highest BCUT2D eigenvalue weighted by Gasteiger charge is 2.58. The van der Waals surface area contributed by atoms with Gasteiger partial charge in [0.15, 0.2) is 5.54 Å². The summed E-state index contributed by atoms with van der Waals surface area (Å²) >= 11 is 0. The van der Waals surface area contributed by atoms with E-state index in [1.165, 1.54) is 12.1 Å². The number of aliphatic imine (C=N–C) groups is 1. The Hall–Kier alpha value is -4.02. The van der Waals surface area contributed by atoms with E-state index in [1.54, 1.807) is 61.7 Å². The maximum absolute atomic E-state index is 14.4. The Balaban J connectivity index is 0.000000454. The predicted molar refractivity (Wildman–Crippen MR) is 121 cm³/mol. The van der Waals surface area contributed by atoms with Crippen molar-refractivity contribution in [2.75, 3.05) is 7.11 Å². The molecule has 1 aliphatic rings. The van der Waals surface area contributed by atoms with E-state index in [-0.39, 0.29) is 17.8 Å². The number of alkyl halides is 6. The number of rotatable bonds is 3. The van der Waals surface area contributed by atoms with Crippen molar-refractivity contribution >= 4 is 11.8 Å². The summed E-state index contributed by atoms with van der Waals surface area (Å²) in [7, 11) is 1.55. The monoisotopic (exact) mass is 510 g/mol. The number of halogens is 6. The minimum absolute atomic E-state index is 0.0581. The summed E-state index contributed by atoms with van der Waals surface area (Å²) in [5.41, 5.74) is 6.10. The molecule has 1 heterocycles. The fourth-order valence-corrected chi connectivity index (χ4v) is 3.76. The molecule has 0 aromatic heterocycles. The van der Waals surface area contributed by atoms with E-state index in [0.717, 1.165) is 5.56 Å². The van der Waals surface area contributed by atoms with Crippen LogP contribution in [0.4, 0.5) is 26.3 Å². The number of amidine groups is 1. The lowest BCUT2D eigenvalue weighted by atomic mass is 9.79. The van der Waals surface area contributed by atoms with Crippen LogP contribution in [0.15, 0.2) is 77.8 Å². The molecule has 0 aliphatic carbocycles. The zero-order valence-corrected chi connectivity index (χ0v) is 18.7. The van der Waals surface area contributed by atoms with Crippen LogP contribution in [0.1, 0.15) is 16.7 Å². The average Bonchev–Trinajstić information content (AvgIpc) is 2.83. The van der Waals surface area contributed by atoms with Gasteiger partial charge in [0.2, 0.25) is 0 Å². The fraction of sp³-hybridized carbons (Fsp3) is 0.200. The molecule has 0 spiro atoms. The molecule has 3 aromatic rings. The number of fused-ring (bicyclic) bond motifs is 1. The summed E-state index contributed by atoms with van der Waals surface area (Å²) < 4.78 is 80.2. The molecule has 0 fully saturated rings. The van der Waals surface area contributed by atoms with Crippen molar-refractivity contribution in [1.29, 1.82) is 0 Å². The topological polar surface area (TPSA) is 84.9 Å². The molecule has 3 N–H and O–H groups in total. The van der Waals surface area contributed by atoms with Crippen LogP contribution in [-0.4, -0.2) is 36.4 Å². The van der Waals surface area contributed by atoms with Crippen molar-refractivity contribution in [2.24, 2.45) is 10.7 Å². The highest BCUT2D eigenvalue weighted by molar-refractivity contribution is 6.00. The maximum atomic E-state index is 14.4. The summed E-state index contributed by atoms with van der Waals surface area (Å²) in [6.07, 6.45) is -9.99. The number of carboxylic acid groups (broad SMARTS) is 1. The zero-order valence-electron chi connectivity index (χ0n) is 18.7. The van der Waals surface area contributed by atoms with Gasteiger partial charge in [-0.2, -0.15) is 26.3 Å². The molecule has 36 heavy (non-hydrogen) atoms. The Kier molecular flexibility index (Phi) is 7.33. The van der Waals surface area contributed by atoms with Gasteiger partial charge in [0.05, 0.1) is 7.11 Å². The molecule has 3 aromatic carbocycles. The van der Waals surface area contributed by atoms with Gasteiger partial charge in [0.1, 0.15) is 11.6 Å². The van der Waals surface area contributed by atoms with Gasteiger partial charge in [-0.25, -0.2) is 9.79 Å². The lowest BCUT2D eigenvalue weighted by molar-refractivity contribution is -0.192. The molecule has 4 rings (SSSR count). The Bertz CT molecular complexity index is 1290. The number of ether oxygens (including phenoxy) is 1. The lowest BCUT2D eigenvalue weighted by Gasteiger charge is -2.36. The summed E-state index contributed by atoms with van der Waals surface area (Å²) in [4.78, 5) is 12.9. The minimum Gasteiger partial charge on any atom is -0.497 e. The van der Waals surface area contributed by atoms with Crippen LogP contribution in [0.25, 0.3) is 11.1 Å².